The molecule has 4 nitrogen and oxygen atoms in total. The van der Waals surface area contributed by atoms with E-state index in [9.17, 15) is 9.59 Å². The second-order valence-corrected chi connectivity index (χ2v) is 3.55. The maximum atomic E-state index is 11.5. The summed E-state index contributed by atoms with van der Waals surface area (Å²) in [6, 6.07) is 1.73. The van der Waals surface area contributed by atoms with Crippen molar-refractivity contribution in [1.82, 2.24) is 4.90 Å². The maximum absolute atomic E-state index is 11.5. The third-order valence-electron chi connectivity index (χ3n) is 1.72. The second-order valence-electron chi connectivity index (χ2n) is 2.77. The number of ether oxygens (including phenoxy) is 1. The van der Waals surface area contributed by atoms with Crippen LogP contribution in [0.4, 0.5) is 4.79 Å². The molecule has 1 aromatic heterocycles. The molecular weight excluding hydrogens is 214 g/mol. The van der Waals surface area contributed by atoms with Crippen molar-refractivity contribution in [3.8, 4) is 0 Å². The van der Waals surface area contributed by atoms with Crippen LogP contribution in [0.2, 0.25) is 0 Å². The van der Waals surface area contributed by atoms with Gasteiger partial charge >= 0.3 is 6.09 Å². The van der Waals surface area contributed by atoms with Crippen LogP contribution in [0.15, 0.2) is 29.1 Å². The summed E-state index contributed by atoms with van der Waals surface area (Å²) in [5.74, 6) is -0.132. The van der Waals surface area contributed by atoms with E-state index in [1.54, 1.807) is 11.4 Å². The Bertz CT molecular complexity index is 370. The Labute approximate surface area is 91.8 Å². The van der Waals surface area contributed by atoms with Gasteiger partial charge in [0.1, 0.15) is 0 Å². The van der Waals surface area contributed by atoms with Gasteiger partial charge in [0.2, 0.25) is 0 Å². The predicted molar refractivity (Wildman–Crippen MR) is 58.0 cm³/mol. The maximum Gasteiger partial charge on any atom is 0.413 e. The van der Waals surface area contributed by atoms with E-state index < -0.39 is 6.09 Å². The molecule has 1 amide bonds. The minimum absolute atomic E-state index is 0.132. The lowest BCUT2D eigenvalue weighted by Gasteiger charge is -2.08. The molecule has 0 unspecified atom stereocenters. The van der Waals surface area contributed by atoms with Gasteiger partial charge in [-0.1, -0.05) is 0 Å². The Morgan fingerprint density at radius 1 is 1.53 bits per heavy atom. The van der Waals surface area contributed by atoms with Crippen LogP contribution in [0.3, 0.4) is 0 Å². The number of nitrogens with zero attached hydrogens (tertiary/aromatic N) is 1. The summed E-state index contributed by atoms with van der Waals surface area (Å²) in [6.07, 6.45) is 2.20. The molecule has 0 fully saturated rings. The van der Waals surface area contributed by atoms with Crippen LogP contribution in [0.1, 0.15) is 10.4 Å². The van der Waals surface area contributed by atoms with E-state index in [1.807, 2.05) is 5.38 Å². The Morgan fingerprint density at radius 3 is 2.80 bits per heavy atom. The molecule has 0 radical (unpaired) electrons. The summed E-state index contributed by atoms with van der Waals surface area (Å²) in [5.41, 5.74) is 0.620. The van der Waals surface area contributed by atoms with Crippen LogP contribution in [-0.4, -0.2) is 30.9 Å². The van der Waals surface area contributed by atoms with Crippen molar-refractivity contribution >= 4 is 23.2 Å². The van der Waals surface area contributed by atoms with Gasteiger partial charge in [-0.15, -0.1) is 0 Å². The van der Waals surface area contributed by atoms with E-state index in [1.165, 1.54) is 42.7 Å². The van der Waals surface area contributed by atoms with Crippen molar-refractivity contribution in [1.29, 1.82) is 0 Å². The Hall–Kier alpha value is -1.62. The quantitative estimate of drug-likeness (QED) is 0.585. The Morgan fingerprint density at radius 2 is 2.27 bits per heavy atom. The van der Waals surface area contributed by atoms with Crippen LogP contribution >= 0.6 is 11.3 Å². The van der Waals surface area contributed by atoms with E-state index in [0.717, 1.165) is 0 Å². The average molecular weight is 225 g/mol. The predicted octanol–water partition coefficient (Wildman–Crippen LogP) is 2.14. The summed E-state index contributed by atoms with van der Waals surface area (Å²) in [7, 11) is 2.80. The number of hydrogen-bond donors (Lipinski definition) is 0. The number of hydrogen-bond acceptors (Lipinski definition) is 4. The number of methoxy groups -OCH3 is 1. The van der Waals surface area contributed by atoms with E-state index in [0.29, 0.717) is 5.56 Å². The fourth-order valence-electron chi connectivity index (χ4n) is 0.885. The molecule has 0 aromatic carbocycles. The Balaban J connectivity index is 2.59. The zero-order valence-corrected chi connectivity index (χ0v) is 9.28. The fraction of sp³-hybridized carbons (Fsp3) is 0.200. The molecule has 0 aliphatic carbocycles. The van der Waals surface area contributed by atoms with Crippen LogP contribution in [0, 0.1) is 0 Å². The number of amides is 1. The number of rotatable bonds is 3. The highest BCUT2D eigenvalue weighted by atomic mass is 32.1. The number of carbonyl (C=O) groups excluding carboxylic acids is 2. The topological polar surface area (TPSA) is 46.6 Å². The first kappa shape index (κ1) is 11.5. The van der Waals surface area contributed by atoms with E-state index in [4.69, 9.17) is 0 Å². The van der Waals surface area contributed by atoms with Gasteiger partial charge in [-0.2, -0.15) is 11.3 Å². The van der Waals surface area contributed by atoms with Crippen molar-refractivity contribution < 1.29 is 14.3 Å². The standard InChI is InChI=1S/C10H11NO3S/c1-11(10(13)14-2)5-3-9(12)8-4-6-15-7-8/h3-7H,1-2H3. The zero-order valence-electron chi connectivity index (χ0n) is 8.47. The molecule has 0 saturated carbocycles. The Kier molecular flexibility index (Phi) is 4.05. The van der Waals surface area contributed by atoms with E-state index in [-0.39, 0.29) is 5.78 Å². The molecule has 15 heavy (non-hydrogen) atoms. The second kappa shape index (κ2) is 5.31. The van der Waals surface area contributed by atoms with Gasteiger partial charge in [0, 0.05) is 30.3 Å². The highest BCUT2D eigenvalue weighted by Crippen LogP contribution is 2.07. The van der Waals surface area contributed by atoms with Crippen LogP contribution in [0.5, 0.6) is 0 Å². The molecule has 1 rings (SSSR count). The number of allylic oxidation sites excluding steroid dienone is 1. The molecule has 0 aliphatic rings. The first-order valence-corrected chi connectivity index (χ1v) is 5.15. The van der Waals surface area contributed by atoms with E-state index >= 15 is 0 Å². The van der Waals surface area contributed by atoms with Crippen LogP contribution < -0.4 is 0 Å². The first-order chi connectivity index (χ1) is 7.15. The third kappa shape index (κ3) is 3.21. The lowest BCUT2D eigenvalue weighted by Crippen LogP contribution is -2.20. The SMILES string of the molecule is COC(=O)N(C)C=CC(=O)c1ccsc1. The molecule has 0 N–H and O–H groups in total. The lowest BCUT2D eigenvalue weighted by atomic mass is 10.2. The minimum Gasteiger partial charge on any atom is -0.453 e. The molecule has 0 atom stereocenters. The summed E-state index contributed by atoms with van der Waals surface area (Å²) in [5, 5.41) is 3.58. The number of ketones is 1. The summed E-state index contributed by atoms with van der Waals surface area (Å²) in [6.45, 7) is 0. The smallest absolute Gasteiger partial charge is 0.413 e. The lowest BCUT2D eigenvalue weighted by molar-refractivity contribution is 0.104. The fourth-order valence-corrected chi connectivity index (χ4v) is 1.53. The zero-order chi connectivity index (χ0) is 11.3. The summed E-state index contributed by atoms with van der Waals surface area (Å²) in [4.78, 5) is 23.6. The van der Waals surface area contributed by atoms with Crippen molar-refractivity contribution in [3.63, 3.8) is 0 Å². The molecule has 0 aliphatic heterocycles. The van der Waals surface area contributed by atoms with Gasteiger partial charge in [0.05, 0.1) is 7.11 Å². The summed E-state index contributed by atoms with van der Waals surface area (Å²) < 4.78 is 4.46. The molecule has 5 heteroatoms. The van der Waals surface area contributed by atoms with Crippen molar-refractivity contribution in [2.45, 2.75) is 0 Å². The van der Waals surface area contributed by atoms with Gasteiger partial charge in [0.15, 0.2) is 5.78 Å². The molecule has 0 bridgehead atoms. The molecule has 1 heterocycles. The van der Waals surface area contributed by atoms with Gasteiger partial charge in [-0.3, -0.25) is 9.69 Å². The summed E-state index contributed by atoms with van der Waals surface area (Å²) >= 11 is 1.45. The molecule has 0 spiro atoms. The van der Waals surface area contributed by atoms with Gasteiger partial charge < -0.3 is 4.74 Å². The first-order valence-electron chi connectivity index (χ1n) is 4.20. The number of carbonyl (C=O) groups is 2. The normalized spacial score (nSPS) is 10.3. The van der Waals surface area contributed by atoms with Crippen molar-refractivity contribution in [3.05, 3.63) is 34.7 Å². The highest BCUT2D eigenvalue weighted by Gasteiger charge is 2.05. The van der Waals surface area contributed by atoms with Gasteiger partial charge in [-0.05, 0) is 11.4 Å². The highest BCUT2D eigenvalue weighted by molar-refractivity contribution is 7.08. The largest absolute Gasteiger partial charge is 0.453 e. The van der Waals surface area contributed by atoms with E-state index in [2.05, 4.69) is 4.74 Å². The molecule has 1 aromatic rings. The third-order valence-corrected chi connectivity index (χ3v) is 2.40. The van der Waals surface area contributed by atoms with Gasteiger partial charge in [0.25, 0.3) is 0 Å². The van der Waals surface area contributed by atoms with Crippen LogP contribution in [-0.2, 0) is 4.74 Å². The van der Waals surface area contributed by atoms with Crippen molar-refractivity contribution in [2.75, 3.05) is 14.2 Å². The number of thiophene rings is 1. The van der Waals surface area contributed by atoms with Crippen molar-refractivity contribution in [2.24, 2.45) is 0 Å². The monoisotopic (exact) mass is 225 g/mol. The van der Waals surface area contributed by atoms with Crippen LogP contribution in [0.25, 0.3) is 0 Å². The average Bonchev–Trinajstić information content (AvgIpc) is 2.77. The molecule has 80 valence electrons. The van der Waals surface area contributed by atoms with Gasteiger partial charge in [-0.25, -0.2) is 4.79 Å². The molecule has 0 saturated heterocycles. The molecular formula is C10H11NO3S. The minimum atomic E-state index is -0.510.